The Morgan fingerprint density at radius 2 is 1.48 bits per heavy atom. The number of hydrogen-bond acceptors (Lipinski definition) is 5. The molecule has 1 atom stereocenters. The van der Waals surface area contributed by atoms with Crippen LogP contribution in [0, 0.1) is 37.6 Å². The monoisotopic (exact) mass is 1170 g/mol. The van der Waals surface area contributed by atoms with E-state index in [0.717, 1.165) is 84.8 Å². The Morgan fingerprint density at radius 1 is 0.795 bits per heavy atom. The number of aryl methyl sites for hydroxylation is 3. The largest absolute Gasteiger partial charge is 0.486 e. The molecule has 383 valence electrons. The quantitative estimate of drug-likeness (QED) is 0.0900. The van der Waals surface area contributed by atoms with Gasteiger partial charge in [-0.15, -0.1) is 36.4 Å². The number of benzene rings is 4. The molecule has 1 fully saturated rings. The summed E-state index contributed by atoms with van der Waals surface area (Å²) >= 11 is 0. The fourth-order valence-electron chi connectivity index (χ4n) is 10.9. The Hall–Kier alpha value is -5.34. The second-order valence-electron chi connectivity index (χ2n) is 22.5. The average Bonchev–Trinajstić information content (AvgIpc) is 4.12. The maximum atomic E-state index is 14.7. The second kappa shape index (κ2) is 21.9. The van der Waals surface area contributed by atoms with E-state index < -0.39 is 26.6 Å². The van der Waals surface area contributed by atoms with Crippen LogP contribution < -0.4 is 5.19 Å². The summed E-state index contributed by atoms with van der Waals surface area (Å²) in [6, 6.07) is 32.7. The molecule has 1 radical (unpaired) electrons. The van der Waals surface area contributed by atoms with E-state index in [9.17, 15) is 4.39 Å². The van der Waals surface area contributed by atoms with Crippen molar-refractivity contribution in [3.8, 4) is 22.6 Å². The Labute approximate surface area is 454 Å². The summed E-state index contributed by atoms with van der Waals surface area (Å²) in [5.41, 5.74) is 14.1. The van der Waals surface area contributed by atoms with Crippen LogP contribution in [0.1, 0.15) is 168 Å². The molecule has 0 spiro atoms. The molecule has 5 aromatic heterocycles. The predicted molar refractivity (Wildman–Crippen MR) is 302 cm³/mol. The van der Waals surface area contributed by atoms with Crippen molar-refractivity contribution in [2.24, 2.45) is 5.92 Å². The Bertz CT molecular complexity index is 3590. The summed E-state index contributed by atoms with van der Waals surface area (Å²) in [5, 5.41) is 4.26. The Balaban J connectivity index is 0.000000255. The van der Waals surface area contributed by atoms with Gasteiger partial charge in [-0.25, -0.2) is 4.98 Å². The third-order valence-corrected chi connectivity index (χ3v) is 17.1. The number of halogens is 1. The molecule has 1 unspecified atom stereocenters. The second-order valence-corrected chi connectivity index (χ2v) is 27.5. The normalized spacial score (nSPS) is 15.0. The molecule has 1 aliphatic rings. The maximum Gasteiger partial charge on any atom is 0.216 e. The van der Waals surface area contributed by atoms with Gasteiger partial charge in [-0.1, -0.05) is 160 Å². The van der Waals surface area contributed by atoms with E-state index in [1.165, 1.54) is 60.1 Å². The van der Waals surface area contributed by atoms with Crippen LogP contribution in [0.15, 0.2) is 89.5 Å². The van der Waals surface area contributed by atoms with Crippen molar-refractivity contribution in [3.63, 3.8) is 0 Å². The van der Waals surface area contributed by atoms with Gasteiger partial charge in [0.2, 0.25) is 5.71 Å². The zero-order chi connectivity index (χ0) is 54.8. The van der Waals surface area contributed by atoms with Gasteiger partial charge >= 0.3 is 0 Å². The minimum atomic E-state index is -2.54. The zero-order valence-electron chi connectivity index (χ0n) is 49.1. The summed E-state index contributed by atoms with van der Waals surface area (Å²) in [4.78, 5) is 20.0. The number of hydrogen-bond donors (Lipinski definition) is 0. The van der Waals surface area contributed by atoms with Crippen molar-refractivity contribution in [1.82, 2.24) is 24.5 Å². The van der Waals surface area contributed by atoms with Crippen molar-refractivity contribution in [2.75, 3.05) is 0 Å². The first-order valence-electron chi connectivity index (χ1n) is 28.2. The van der Waals surface area contributed by atoms with E-state index >= 15 is 0 Å². The fourth-order valence-corrected chi connectivity index (χ4v) is 12.5. The molecule has 1 aliphatic carbocycles. The molecule has 0 N–H and O–H groups in total. The molecule has 0 aliphatic heterocycles. The van der Waals surface area contributed by atoms with E-state index in [1.54, 1.807) is 26.1 Å². The van der Waals surface area contributed by atoms with Crippen molar-refractivity contribution < 1.29 is 34.4 Å². The van der Waals surface area contributed by atoms with Crippen LogP contribution in [0.2, 0.25) is 19.6 Å². The maximum absolute atomic E-state index is 14.7. The topological polar surface area (TPSA) is 69.6 Å². The van der Waals surface area contributed by atoms with Crippen LogP contribution in [0.3, 0.4) is 0 Å². The first-order chi connectivity index (χ1) is 35.8. The molecule has 4 aromatic carbocycles. The SMILES string of the molecule is Cc1ccc2ccc3nc(-c4[c-]ccc5c4oc4nc(C(C)C6CCCC6)ccc45)n(CCc4c(C(C)C)cc(C(C)C)cc4C(C)C)c3c2n1.[2H]C([2H])([2H])c1cc[c-]c(-c2cc(C([2H])(C)C)c([Si](C)(C)C)cn2)c1F.[Ir]. The van der Waals surface area contributed by atoms with Crippen molar-refractivity contribution in [1.29, 1.82) is 0 Å². The van der Waals surface area contributed by atoms with Gasteiger partial charge in [0, 0.05) is 72.2 Å². The third-order valence-electron chi connectivity index (χ3n) is 15.1. The van der Waals surface area contributed by atoms with Gasteiger partial charge in [0.25, 0.3) is 0 Å². The molecule has 10 rings (SSSR count). The Kier molecular flexibility index (Phi) is 14.5. The van der Waals surface area contributed by atoms with Gasteiger partial charge in [-0.2, -0.15) is 0 Å². The minimum absolute atomic E-state index is 0. The van der Waals surface area contributed by atoms with Crippen LogP contribution >= 0.6 is 0 Å². The van der Waals surface area contributed by atoms with E-state index in [0.29, 0.717) is 41.0 Å². The molecule has 0 saturated heterocycles. The summed E-state index contributed by atoms with van der Waals surface area (Å²) in [6.45, 7) is 26.6. The van der Waals surface area contributed by atoms with Gasteiger partial charge in [0.15, 0.2) is 0 Å². The molecule has 9 aromatic rings. The van der Waals surface area contributed by atoms with Crippen molar-refractivity contribution in [2.45, 2.75) is 164 Å². The van der Waals surface area contributed by atoms with E-state index in [-0.39, 0.29) is 31.2 Å². The van der Waals surface area contributed by atoms with Gasteiger partial charge in [-0.3, -0.25) is 14.4 Å². The molecule has 6 nitrogen and oxygen atoms in total. The number of nitrogens with zero attached hydrogens (tertiary/aromatic N) is 5. The fraction of sp³-hybridized carbons (Fsp3) is 0.406. The van der Waals surface area contributed by atoms with Crippen LogP contribution in [0.4, 0.5) is 4.39 Å². The molecule has 9 heteroatoms. The summed E-state index contributed by atoms with van der Waals surface area (Å²) in [7, 11) is -1.74. The first-order valence-corrected chi connectivity index (χ1v) is 29.7. The van der Waals surface area contributed by atoms with Gasteiger partial charge in [0.1, 0.15) is 0 Å². The van der Waals surface area contributed by atoms with Gasteiger partial charge in [-0.05, 0) is 113 Å². The molecule has 73 heavy (non-hydrogen) atoms. The standard InChI is InChI=1S/C46H51N4O.C18H23FNSi.Ir/c1-26(2)33-24-38(27(3)4)34(39(25-33)28(5)6)22-23-50-43-41(20-18-32-17-16-29(7)47-42(32)43)48-45(50)37-15-11-14-35-36-19-21-40(49-46(36)51-44(35)37)30(8)31-12-9-10-13-31;1-12(2)15-10-16(20-11-17(15)21(4,5)6)14-9-7-8-13(3)18(14)19;/h11,14,16-21,24-28,30-31H,9-10,12-13,22-23H2,1-8H3;7-8,10-12H,1-6H3;/q2*-1;/i;3D3,12D;. The first kappa shape index (κ1) is 48.6. The van der Waals surface area contributed by atoms with E-state index in [1.807, 2.05) is 6.07 Å². The van der Waals surface area contributed by atoms with E-state index in [4.69, 9.17) is 24.9 Å². The number of pyridine rings is 3. The van der Waals surface area contributed by atoms with Crippen LogP contribution in [-0.2, 0) is 33.1 Å². The number of aromatic nitrogens is 5. The van der Waals surface area contributed by atoms with E-state index in [2.05, 4.69) is 151 Å². The molecular weight excluding hydrogens is 1090 g/mol. The van der Waals surface area contributed by atoms with Gasteiger partial charge in [0.05, 0.1) is 36.0 Å². The molecule has 1 saturated carbocycles. The number of rotatable bonds is 12. The summed E-state index contributed by atoms with van der Waals surface area (Å²) in [6.07, 6.45) is 7.83. The smallest absolute Gasteiger partial charge is 0.216 e. The number of fused-ring (bicyclic) bond motifs is 6. The third kappa shape index (κ3) is 10.8. The van der Waals surface area contributed by atoms with Crippen molar-refractivity contribution in [3.05, 3.63) is 148 Å². The van der Waals surface area contributed by atoms with Crippen molar-refractivity contribution >= 4 is 57.3 Å². The number of furan rings is 1. The predicted octanol–water partition coefficient (Wildman–Crippen LogP) is 17.2. The molecule has 5 heterocycles. The van der Waals surface area contributed by atoms with Crippen LogP contribution in [0.25, 0.3) is 66.7 Å². The molecule has 0 bridgehead atoms. The van der Waals surface area contributed by atoms with Crippen LogP contribution in [-0.4, -0.2) is 32.6 Å². The van der Waals surface area contributed by atoms with Gasteiger partial charge < -0.3 is 14.0 Å². The van der Waals surface area contributed by atoms with Crippen LogP contribution in [0.5, 0.6) is 0 Å². The minimum Gasteiger partial charge on any atom is -0.486 e. The average molecular weight is 1170 g/mol. The molecular formula is C64H74FIrN5OSi-2. The zero-order valence-corrected chi connectivity index (χ0v) is 48.5. The summed E-state index contributed by atoms with van der Waals surface area (Å²) in [5.74, 6) is 1.61. The molecule has 0 amide bonds. The Morgan fingerprint density at radius 3 is 2.14 bits per heavy atom. The number of imidazole rings is 1. The summed E-state index contributed by atoms with van der Waals surface area (Å²) < 4.78 is 54.7.